The van der Waals surface area contributed by atoms with Gasteiger partial charge in [0.1, 0.15) is 0 Å². The van der Waals surface area contributed by atoms with Gasteiger partial charge in [-0.2, -0.15) is 0 Å². The number of ether oxygens (including phenoxy) is 2. The van der Waals surface area contributed by atoms with E-state index in [0.717, 1.165) is 28.1 Å². The third-order valence-corrected chi connectivity index (χ3v) is 2.11. The maximum Gasteiger partial charge on any atom is 0.341 e. The second-order valence-corrected chi connectivity index (χ2v) is 3.13. The number of methoxy groups -OCH3 is 2. The first-order chi connectivity index (χ1) is 6.21. The van der Waals surface area contributed by atoms with Gasteiger partial charge in [0.05, 0.1) is 14.2 Å². The lowest BCUT2D eigenvalue weighted by Gasteiger charge is -2.32. The summed E-state index contributed by atoms with van der Waals surface area (Å²) in [5.74, 6) is -2.24. The molecule has 0 aliphatic heterocycles. The SMILES string of the molecule is COC(=O)[C@](C)(O)[C@@](C)(O)C(=O)OC. The van der Waals surface area contributed by atoms with Crippen molar-refractivity contribution in [3.8, 4) is 0 Å². The first-order valence-corrected chi connectivity index (χ1v) is 3.83. The van der Waals surface area contributed by atoms with Crippen molar-refractivity contribution in [2.75, 3.05) is 14.2 Å². The summed E-state index contributed by atoms with van der Waals surface area (Å²) in [5.41, 5.74) is -4.70. The van der Waals surface area contributed by atoms with Gasteiger partial charge in [-0.05, 0) is 13.8 Å². The molecule has 0 heterocycles. The van der Waals surface area contributed by atoms with E-state index in [1.165, 1.54) is 0 Å². The molecule has 0 saturated carbocycles. The molecule has 6 heteroatoms. The third-order valence-electron chi connectivity index (χ3n) is 2.11. The summed E-state index contributed by atoms with van der Waals surface area (Å²) in [4.78, 5) is 22.1. The van der Waals surface area contributed by atoms with E-state index >= 15 is 0 Å². The molecule has 0 aromatic heterocycles. The van der Waals surface area contributed by atoms with E-state index in [9.17, 15) is 19.8 Å². The molecule has 2 atom stereocenters. The van der Waals surface area contributed by atoms with E-state index in [1.807, 2.05) is 0 Å². The van der Waals surface area contributed by atoms with Gasteiger partial charge in [0.25, 0.3) is 0 Å². The second-order valence-electron chi connectivity index (χ2n) is 3.13. The topological polar surface area (TPSA) is 93.1 Å². The molecule has 0 fully saturated rings. The van der Waals surface area contributed by atoms with Crippen LogP contribution in [0.4, 0.5) is 0 Å². The number of carbonyl (C=O) groups excluding carboxylic acids is 2. The lowest BCUT2D eigenvalue weighted by Crippen LogP contribution is -2.60. The van der Waals surface area contributed by atoms with Crippen molar-refractivity contribution in [2.24, 2.45) is 0 Å². The molecular weight excluding hydrogens is 192 g/mol. The Balaban J connectivity index is 5.06. The summed E-state index contributed by atoms with van der Waals surface area (Å²) < 4.78 is 8.48. The van der Waals surface area contributed by atoms with Crippen LogP contribution in [-0.4, -0.2) is 47.6 Å². The van der Waals surface area contributed by atoms with E-state index in [-0.39, 0.29) is 0 Å². The van der Waals surface area contributed by atoms with Gasteiger partial charge in [-0.25, -0.2) is 9.59 Å². The van der Waals surface area contributed by atoms with Gasteiger partial charge in [-0.1, -0.05) is 0 Å². The summed E-state index contributed by atoms with van der Waals surface area (Å²) in [6.07, 6.45) is 0. The molecule has 0 saturated heterocycles. The van der Waals surface area contributed by atoms with Gasteiger partial charge in [0.15, 0.2) is 11.2 Å². The number of rotatable bonds is 3. The molecule has 0 radical (unpaired) electrons. The first kappa shape index (κ1) is 12.9. The smallest absolute Gasteiger partial charge is 0.341 e. The fourth-order valence-corrected chi connectivity index (χ4v) is 0.795. The van der Waals surface area contributed by atoms with Crippen LogP contribution in [0.25, 0.3) is 0 Å². The van der Waals surface area contributed by atoms with Crippen LogP contribution in [-0.2, 0) is 19.1 Å². The Morgan fingerprint density at radius 1 is 0.929 bits per heavy atom. The van der Waals surface area contributed by atoms with Gasteiger partial charge in [0, 0.05) is 0 Å². The molecule has 0 rings (SSSR count). The van der Waals surface area contributed by atoms with Crippen LogP contribution in [0.5, 0.6) is 0 Å². The lowest BCUT2D eigenvalue weighted by molar-refractivity contribution is -0.203. The molecule has 82 valence electrons. The van der Waals surface area contributed by atoms with Crippen molar-refractivity contribution < 1.29 is 29.3 Å². The maximum absolute atomic E-state index is 11.1. The number of hydrogen-bond donors (Lipinski definition) is 2. The predicted molar refractivity (Wildman–Crippen MR) is 45.3 cm³/mol. The van der Waals surface area contributed by atoms with Gasteiger partial charge in [0.2, 0.25) is 0 Å². The molecule has 2 N–H and O–H groups in total. The number of hydrogen-bond acceptors (Lipinski definition) is 6. The van der Waals surface area contributed by atoms with E-state index in [2.05, 4.69) is 9.47 Å². The van der Waals surface area contributed by atoms with Gasteiger partial charge in [-0.15, -0.1) is 0 Å². The zero-order valence-corrected chi connectivity index (χ0v) is 8.53. The molecule has 0 bridgehead atoms. The largest absolute Gasteiger partial charge is 0.467 e. The van der Waals surface area contributed by atoms with E-state index in [4.69, 9.17) is 0 Å². The molecule has 0 spiro atoms. The Morgan fingerprint density at radius 3 is 1.29 bits per heavy atom. The number of aliphatic hydroxyl groups is 2. The summed E-state index contributed by atoms with van der Waals surface area (Å²) in [6.45, 7) is 1.94. The summed E-state index contributed by atoms with van der Waals surface area (Å²) in [6, 6.07) is 0. The van der Waals surface area contributed by atoms with Crippen molar-refractivity contribution in [1.29, 1.82) is 0 Å². The normalized spacial score (nSPS) is 19.0. The fraction of sp³-hybridized carbons (Fsp3) is 0.750. The minimum atomic E-state index is -2.35. The zero-order chi connectivity index (χ0) is 11.6. The minimum Gasteiger partial charge on any atom is -0.467 e. The van der Waals surface area contributed by atoms with Crippen LogP contribution in [0.2, 0.25) is 0 Å². The lowest BCUT2D eigenvalue weighted by atomic mass is 9.86. The van der Waals surface area contributed by atoms with Gasteiger partial charge < -0.3 is 19.7 Å². The molecule has 0 aliphatic carbocycles. The van der Waals surface area contributed by atoms with Crippen molar-refractivity contribution in [3.63, 3.8) is 0 Å². The summed E-state index contributed by atoms with van der Waals surface area (Å²) in [5, 5.41) is 19.2. The quantitative estimate of drug-likeness (QED) is 0.565. The highest BCUT2D eigenvalue weighted by Crippen LogP contribution is 2.24. The average Bonchev–Trinajstić information content (AvgIpc) is 2.14. The molecule has 6 nitrogen and oxygen atoms in total. The molecule has 0 aliphatic rings. The van der Waals surface area contributed by atoms with E-state index in [1.54, 1.807) is 0 Å². The van der Waals surface area contributed by atoms with Gasteiger partial charge >= 0.3 is 11.9 Å². The summed E-state index contributed by atoms with van der Waals surface area (Å²) >= 11 is 0. The number of carbonyl (C=O) groups is 2. The monoisotopic (exact) mass is 206 g/mol. The Kier molecular flexibility index (Phi) is 3.61. The molecular formula is C8H14O6. The molecule has 14 heavy (non-hydrogen) atoms. The Bertz CT molecular complexity index is 216. The highest BCUT2D eigenvalue weighted by molar-refractivity contribution is 5.91. The van der Waals surface area contributed by atoms with Crippen LogP contribution in [0.3, 0.4) is 0 Å². The van der Waals surface area contributed by atoms with Crippen molar-refractivity contribution >= 4 is 11.9 Å². The van der Waals surface area contributed by atoms with Crippen molar-refractivity contribution in [2.45, 2.75) is 25.0 Å². The summed E-state index contributed by atoms with van der Waals surface area (Å²) in [7, 11) is 2.06. The predicted octanol–water partition coefficient (Wildman–Crippen LogP) is -1.17. The van der Waals surface area contributed by atoms with Crippen molar-refractivity contribution in [3.05, 3.63) is 0 Å². The Hall–Kier alpha value is -1.14. The highest BCUT2D eigenvalue weighted by atomic mass is 16.6. The van der Waals surface area contributed by atoms with E-state index < -0.39 is 23.1 Å². The van der Waals surface area contributed by atoms with Crippen LogP contribution in [0.15, 0.2) is 0 Å². The first-order valence-electron chi connectivity index (χ1n) is 3.83. The molecule has 0 amide bonds. The van der Waals surface area contributed by atoms with Crippen LogP contribution in [0.1, 0.15) is 13.8 Å². The highest BCUT2D eigenvalue weighted by Gasteiger charge is 2.55. The van der Waals surface area contributed by atoms with Gasteiger partial charge in [-0.3, -0.25) is 0 Å². The maximum atomic E-state index is 11.1. The number of esters is 2. The van der Waals surface area contributed by atoms with Crippen LogP contribution >= 0.6 is 0 Å². The van der Waals surface area contributed by atoms with E-state index in [0.29, 0.717) is 0 Å². The average molecular weight is 206 g/mol. The fourth-order valence-electron chi connectivity index (χ4n) is 0.795. The minimum absolute atomic E-state index is 0.968. The third kappa shape index (κ3) is 1.85. The van der Waals surface area contributed by atoms with Crippen LogP contribution in [0, 0.1) is 0 Å². The van der Waals surface area contributed by atoms with Crippen molar-refractivity contribution in [1.82, 2.24) is 0 Å². The van der Waals surface area contributed by atoms with Crippen LogP contribution < -0.4 is 0 Å². The molecule has 0 aromatic rings. The molecule has 0 aromatic carbocycles. The second kappa shape index (κ2) is 3.93. The molecule has 0 unspecified atom stereocenters. The standard InChI is InChI=1S/C8H14O6/c1-7(11,5(9)13-3)8(2,12)6(10)14-4/h11-12H,1-4H3/t7-,8-/m0/s1. The Morgan fingerprint density at radius 2 is 1.14 bits per heavy atom. The zero-order valence-electron chi connectivity index (χ0n) is 8.53. The Labute approximate surface area is 81.4 Å².